The maximum absolute atomic E-state index is 10.4. The molecule has 2 atom stereocenters. The van der Waals surface area contributed by atoms with Gasteiger partial charge in [-0.3, -0.25) is 5.21 Å². The third-order valence-electron chi connectivity index (χ3n) is 3.94. The van der Waals surface area contributed by atoms with Crippen LogP contribution in [0.3, 0.4) is 0 Å². The number of aliphatic hydroxyl groups is 1. The number of nitrogens with zero attached hydrogens (tertiary/aromatic N) is 1. The van der Waals surface area contributed by atoms with E-state index in [9.17, 15) is 10.3 Å². The molecule has 0 aromatic heterocycles. The number of benzene rings is 2. The summed E-state index contributed by atoms with van der Waals surface area (Å²) in [5.41, 5.74) is 2.28. The van der Waals surface area contributed by atoms with Crippen molar-refractivity contribution >= 4 is 41.9 Å². The smallest absolute Gasteiger partial charge is 0.186 e. The number of nitrogens with one attached hydrogen (secondary N) is 1. The molecule has 0 radical (unpaired) electrons. The predicted molar refractivity (Wildman–Crippen MR) is 104 cm³/mol. The highest BCUT2D eigenvalue weighted by molar-refractivity contribution is 5.85. The summed E-state index contributed by atoms with van der Waals surface area (Å²) in [5, 5.41) is 25.2. The molecule has 5 nitrogen and oxygen atoms in total. The second kappa shape index (κ2) is 9.27. The third-order valence-corrected chi connectivity index (χ3v) is 3.94. The average Bonchev–Trinajstić information content (AvgIpc) is 2.87. The Kier molecular flexibility index (Phi) is 7.99. The highest BCUT2D eigenvalue weighted by Crippen LogP contribution is 2.32. The molecule has 0 bridgehead atoms. The SMILES string of the molecule is CC1COC(O)(CN(O)c2ccccc2Nc2ccccc2)C1.Cl.Cl. The second-order valence-corrected chi connectivity index (χ2v) is 6.13. The molecule has 1 heterocycles. The van der Waals surface area contributed by atoms with Crippen LogP contribution in [0.2, 0.25) is 0 Å². The number of anilines is 3. The highest BCUT2D eigenvalue weighted by Gasteiger charge is 2.38. The van der Waals surface area contributed by atoms with E-state index in [1.165, 1.54) is 0 Å². The van der Waals surface area contributed by atoms with Crippen LogP contribution in [0.1, 0.15) is 13.3 Å². The lowest BCUT2D eigenvalue weighted by molar-refractivity contribution is -0.169. The summed E-state index contributed by atoms with van der Waals surface area (Å²) in [5.74, 6) is -1.03. The van der Waals surface area contributed by atoms with E-state index < -0.39 is 5.79 Å². The van der Waals surface area contributed by atoms with Crippen molar-refractivity contribution in [2.75, 3.05) is 23.5 Å². The van der Waals surface area contributed by atoms with Gasteiger partial charge in [0, 0.05) is 12.1 Å². The first-order valence-corrected chi connectivity index (χ1v) is 7.80. The van der Waals surface area contributed by atoms with E-state index in [2.05, 4.69) is 5.32 Å². The fourth-order valence-electron chi connectivity index (χ4n) is 2.87. The lowest BCUT2D eigenvalue weighted by Gasteiger charge is -2.29. The van der Waals surface area contributed by atoms with Gasteiger partial charge in [0.05, 0.1) is 24.5 Å². The molecule has 2 aromatic carbocycles. The summed E-state index contributed by atoms with van der Waals surface area (Å²) >= 11 is 0. The molecule has 3 rings (SSSR count). The molecular formula is C18H24Cl2N2O3. The highest BCUT2D eigenvalue weighted by atomic mass is 35.5. The van der Waals surface area contributed by atoms with Gasteiger partial charge < -0.3 is 15.2 Å². The Morgan fingerprint density at radius 3 is 2.40 bits per heavy atom. The van der Waals surface area contributed by atoms with Gasteiger partial charge in [0.2, 0.25) is 0 Å². The standard InChI is InChI=1S/C18H22N2O3.2ClH/c1-14-11-18(21,23-12-14)13-20(22)17-10-6-5-9-16(17)19-15-7-3-2-4-8-15;;/h2-10,14,19,21-22H,11-13H2,1H3;2*1H. The van der Waals surface area contributed by atoms with Crippen molar-refractivity contribution in [1.29, 1.82) is 0 Å². The maximum atomic E-state index is 10.4. The van der Waals surface area contributed by atoms with Gasteiger partial charge in [0.1, 0.15) is 0 Å². The Morgan fingerprint density at radius 1 is 1.12 bits per heavy atom. The van der Waals surface area contributed by atoms with Crippen molar-refractivity contribution in [2.45, 2.75) is 19.1 Å². The molecule has 25 heavy (non-hydrogen) atoms. The van der Waals surface area contributed by atoms with Crippen LogP contribution in [-0.4, -0.2) is 29.3 Å². The number of halogens is 2. The summed E-state index contributed by atoms with van der Waals surface area (Å²) in [6.07, 6.45) is 0.512. The van der Waals surface area contributed by atoms with E-state index in [4.69, 9.17) is 4.74 Å². The number of hydrogen-bond donors (Lipinski definition) is 3. The van der Waals surface area contributed by atoms with Gasteiger partial charge in [-0.1, -0.05) is 37.3 Å². The lowest BCUT2D eigenvalue weighted by atomic mass is 10.1. The number of hydroxylamine groups is 1. The second-order valence-electron chi connectivity index (χ2n) is 6.13. The van der Waals surface area contributed by atoms with Gasteiger partial charge in [0.25, 0.3) is 0 Å². The van der Waals surface area contributed by atoms with E-state index >= 15 is 0 Å². The average molecular weight is 387 g/mol. The largest absolute Gasteiger partial charge is 0.364 e. The van der Waals surface area contributed by atoms with Crippen LogP contribution in [0, 0.1) is 5.92 Å². The predicted octanol–water partition coefficient (Wildman–Crippen LogP) is 4.21. The molecule has 0 aliphatic carbocycles. The van der Waals surface area contributed by atoms with Gasteiger partial charge >= 0.3 is 0 Å². The summed E-state index contributed by atoms with van der Waals surface area (Å²) in [4.78, 5) is 0. The van der Waals surface area contributed by atoms with E-state index in [0.717, 1.165) is 16.4 Å². The fourth-order valence-corrected chi connectivity index (χ4v) is 2.87. The molecular weight excluding hydrogens is 363 g/mol. The minimum Gasteiger partial charge on any atom is -0.364 e. The van der Waals surface area contributed by atoms with E-state index in [0.29, 0.717) is 18.7 Å². The molecule has 1 saturated heterocycles. The van der Waals surface area contributed by atoms with Gasteiger partial charge in [-0.25, -0.2) is 5.06 Å². The Morgan fingerprint density at radius 2 is 1.76 bits per heavy atom. The number of ether oxygens (including phenoxy) is 1. The van der Waals surface area contributed by atoms with Crippen molar-refractivity contribution in [3.63, 3.8) is 0 Å². The zero-order chi connectivity index (χ0) is 16.3. The molecule has 1 aliphatic rings. The van der Waals surface area contributed by atoms with Crippen LogP contribution in [0.5, 0.6) is 0 Å². The van der Waals surface area contributed by atoms with Crippen LogP contribution >= 0.6 is 24.8 Å². The quantitative estimate of drug-likeness (QED) is 0.671. The molecule has 0 saturated carbocycles. The first kappa shape index (κ1) is 21.5. The molecule has 2 unspecified atom stereocenters. The van der Waals surface area contributed by atoms with Crippen LogP contribution in [0.15, 0.2) is 54.6 Å². The molecule has 1 fully saturated rings. The molecule has 1 aliphatic heterocycles. The van der Waals surface area contributed by atoms with Gasteiger partial charge in [-0.2, -0.15) is 0 Å². The monoisotopic (exact) mass is 386 g/mol. The number of hydrogen-bond acceptors (Lipinski definition) is 5. The number of para-hydroxylation sites is 3. The van der Waals surface area contributed by atoms with E-state index in [1.807, 2.05) is 55.5 Å². The summed E-state index contributed by atoms with van der Waals surface area (Å²) < 4.78 is 5.44. The number of rotatable bonds is 5. The minimum atomic E-state index is -1.31. The minimum absolute atomic E-state index is 0. The van der Waals surface area contributed by atoms with Crippen molar-refractivity contribution in [1.82, 2.24) is 0 Å². The zero-order valence-electron chi connectivity index (χ0n) is 14.0. The summed E-state index contributed by atoms with van der Waals surface area (Å²) in [6, 6.07) is 17.2. The first-order chi connectivity index (χ1) is 11.1. The Bertz CT molecular complexity index is 660. The topological polar surface area (TPSA) is 65.0 Å². The van der Waals surface area contributed by atoms with Crippen LogP contribution in [0.25, 0.3) is 0 Å². The van der Waals surface area contributed by atoms with Gasteiger partial charge in [-0.15, -0.1) is 24.8 Å². The lowest BCUT2D eigenvalue weighted by Crippen LogP contribution is -2.41. The third kappa shape index (κ3) is 5.49. The van der Waals surface area contributed by atoms with Gasteiger partial charge in [0.15, 0.2) is 5.79 Å². The fraction of sp³-hybridized carbons (Fsp3) is 0.333. The van der Waals surface area contributed by atoms with Crippen LogP contribution < -0.4 is 10.4 Å². The molecule has 138 valence electrons. The van der Waals surface area contributed by atoms with Crippen LogP contribution in [-0.2, 0) is 4.74 Å². The summed E-state index contributed by atoms with van der Waals surface area (Å²) in [7, 11) is 0. The van der Waals surface area contributed by atoms with E-state index in [1.54, 1.807) is 6.07 Å². The molecule has 0 spiro atoms. The Hall–Kier alpha value is -1.50. The van der Waals surface area contributed by atoms with E-state index in [-0.39, 0.29) is 37.3 Å². The van der Waals surface area contributed by atoms with Crippen molar-refractivity contribution in [3.05, 3.63) is 54.6 Å². The van der Waals surface area contributed by atoms with Gasteiger partial charge in [-0.05, 0) is 30.2 Å². The molecule has 7 heteroatoms. The summed E-state index contributed by atoms with van der Waals surface area (Å²) in [6.45, 7) is 2.53. The maximum Gasteiger partial charge on any atom is 0.186 e. The van der Waals surface area contributed by atoms with Crippen molar-refractivity contribution < 1.29 is 15.1 Å². The normalized spacial score (nSPS) is 21.8. The molecule has 2 aromatic rings. The zero-order valence-corrected chi connectivity index (χ0v) is 15.6. The molecule has 3 N–H and O–H groups in total. The Labute approximate surface area is 160 Å². The molecule has 0 amide bonds. The van der Waals surface area contributed by atoms with Crippen LogP contribution in [0.4, 0.5) is 17.1 Å². The first-order valence-electron chi connectivity index (χ1n) is 7.80. The Balaban J connectivity index is 0.00000156. The van der Waals surface area contributed by atoms with Crippen molar-refractivity contribution in [3.8, 4) is 0 Å². The van der Waals surface area contributed by atoms with Crippen molar-refractivity contribution in [2.24, 2.45) is 5.92 Å².